The summed E-state index contributed by atoms with van der Waals surface area (Å²) in [6, 6.07) is 10.2. The number of esters is 1. The van der Waals surface area contributed by atoms with Crippen molar-refractivity contribution in [3.63, 3.8) is 0 Å². The van der Waals surface area contributed by atoms with Crippen molar-refractivity contribution < 1.29 is 14.3 Å². The molecule has 0 aliphatic carbocycles. The topological polar surface area (TPSA) is 49.9 Å². The molecule has 2 saturated heterocycles. The van der Waals surface area contributed by atoms with Crippen LogP contribution in [-0.4, -0.2) is 61.5 Å². The van der Waals surface area contributed by atoms with E-state index in [9.17, 15) is 9.59 Å². The van der Waals surface area contributed by atoms with Crippen molar-refractivity contribution in [2.75, 3.05) is 39.8 Å². The lowest BCUT2D eigenvalue weighted by molar-refractivity contribution is -0.140. The molecule has 2 heterocycles. The summed E-state index contributed by atoms with van der Waals surface area (Å²) < 4.78 is 4.69. The van der Waals surface area contributed by atoms with Gasteiger partial charge >= 0.3 is 5.97 Å². The molecule has 3 rings (SSSR count). The number of rotatable bonds is 7. The van der Waals surface area contributed by atoms with Crippen LogP contribution in [0.4, 0.5) is 0 Å². The van der Waals surface area contributed by atoms with Gasteiger partial charge in [-0.3, -0.25) is 9.59 Å². The number of ether oxygens (including phenoxy) is 1. The second-order valence-corrected chi connectivity index (χ2v) is 7.79. The van der Waals surface area contributed by atoms with Gasteiger partial charge in [-0.2, -0.15) is 0 Å². The normalized spacial score (nSPS) is 19.9. The number of hydrogen-bond acceptors (Lipinski definition) is 4. The lowest BCUT2D eigenvalue weighted by Gasteiger charge is -2.38. The number of likely N-dealkylation sites (tertiary alicyclic amines) is 2. The van der Waals surface area contributed by atoms with Gasteiger partial charge in [0.25, 0.3) is 0 Å². The highest BCUT2D eigenvalue weighted by Gasteiger charge is 2.44. The minimum Gasteiger partial charge on any atom is -0.469 e. The molecule has 0 bridgehead atoms. The van der Waals surface area contributed by atoms with Crippen molar-refractivity contribution in [1.29, 1.82) is 0 Å². The monoisotopic (exact) mass is 370 g/mol. The van der Waals surface area contributed by atoms with Gasteiger partial charge in [-0.1, -0.05) is 42.5 Å². The largest absolute Gasteiger partial charge is 0.469 e. The maximum Gasteiger partial charge on any atom is 0.305 e. The average Bonchev–Trinajstić information content (AvgIpc) is 2.99. The van der Waals surface area contributed by atoms with E-state index in [1.165, 1.54) is 12.7 Å². The molecule has 1 amide bonds. The third-order valence-corrected chi connectivity index (χ3v) is 5.84. The second kappa shape index (κ2) is 9.18. The number of methoxy groups -OCH3 is 1. The van der Waals surface area contributed by atoms with Gasteiger partial charge in [0.05, 0.1) is 7.11 Å². The molecule has 1 aromatic carbocycles. The van der Waals surface area contributed by atoms with Crippen molar-refractivity contribution in [2.45, 2.75) is 32.1 Å². The number of amides is 1. The molecule has 2 aliphatic heterocycles. The molecule has 0 atom stereocenters. The number of carbonyl (C=O) groups excluding carboxylic acids is 2. The number of piperidine rings is 1. The first kappa shape index (κ1) is 19.6. The molecular weight excluding hydrogens is 340 g/mol. The Morgan fingerprint density at radius 1 is 1.22 bits per heavy atom. The zero-order valence-electron chi connectivity index (χ0n) is 16.2. The number of hydrogen-bond donors (Lipinski definition) is 0. The molecule has 2 fully saturated rings. The van der Waals surface area contributed by atoms with Gasteiger partial charge in [-0.15, -0.1) is 0 Å². The summed E-state index contributed by atoms with van der Waals surface area (Å²) >= 11 is 0. The average molecular weight is 370 g/mol. The van der Waals surface area contributed by atoms with E-state index in [4.69, 9.17) is 4.74 Å². The summed E-state index contributed by atoms with van der Waals surface area (Å²) in [5, 5.41) is 0. The number of carbonyl (C=O) groups is 2. The molecule has 0 aromatic heterocycles. The Morgan fingerprint density at radius 3 is 2.67 bits per heavy atom. The fourth-order valence-corrected chi connectivity index (χ4v) is 4.16. The van der Waals surface area contributed by atoms with Crippen LogP contribution in [0.5, 0.6) is 0 Å². The summed E-state index contributed by atoms with van der Waals surface area (Å²) in [5.41, 5.74) is 1.32. The lowest BCUT2D eigenvalue weighted by atomic mass is 9.77. The standard InChI is InChI=1S/C22H30N2O3/c1-27-21(26)10-6-13-23-15-11-22(12-16-23)17-20(25)24(18-22)14-5-9-19-7-3-2-4-8-19/h2-5,7-9H,6,10-18H2,1H3. The summed E-state index contributed by atoms with van der Waals surface area (Å²) in [6.45, 7) is 4.53. The zero-order chi connectivity index (χ0) is 19.1. The minimum atomic E-state index is -0.135. The highest BCUT2D eigenvalue weighted by Crippen LogP contribution is 2.41. The Balaban J connectivity index is 1.43. The molecule has 1 spiro atoms. The summed E-state index contributed by atoms with van der Waals surface area (Å²) in [7, 11) is 1.44. The molecule has 2 aliphatic rings. The van der Waals surface area contributed by atoms with E-state index in [-0.39, 0.29) is 17.3 Å². The maximum absolute atomic E-state index is 12.5. The second-order valence-electron chi connectivity index (χ2n) is 7.79. The molecular formula is C22H30N2O3. The van der Waals surface area contributed by atoms with Crippen LogP contribution < -0.4 is 0 Å². The Kier molecular flexibility index (Phi) is 6.67. The fourth-order valence-electron chi connectivity index (χ4n) is 4.16. The fraction of sp³-hybridized carbons (Fsp3) is 0.545. The van der Waals surface area contributed by atoms with Crippen LogP contribution >= 0.6 is 0 Å². The van der Waals surface area contributed by atoms with Crippen LogP contribution in [0.25, 0.3) is 6.08 Å². The molecule has 0 saturated carbocycles. The predicted octanol–water partition coefficient (Wildman–Crippen LogP) is 2.97. The molecule has 0 unspecified atom stereocenters. The van der Waals surface area contributed by atoms with E-state index in [0.717, 1.165) is 45.4 Å². The first-order valence-electron chi connectivity index (χ1n) is 9.89. The summed E-state index contributed by atoms with van der Waals surface area (Å²) in [5.74, 6) is 0.149. The number of benzene rings is 1. The third kappa shape index (κ3) is 5.42. The van der Waals surface area contributed by atoms with Crippen molar-refractivity contribution in [3.05, 3.63) is 42.0 Å². The van der Waals surface area contributed by atoms with Crippen molar-refractivity contribution in [1.82, 2.24) is 9.80 Å². The van der Waals surface area contributed by atoms with Gasteiger partial charge in [0, 0.05) is 25.9 Å². The molecule has 5 nitrogen and oxygen atoms in total. The third-order valence-electron chi connectivity index (χ3n) is 5.84. The van der Waals surface area contributed by atoms with E-state index >= 15 is 0 Å². The van der Waals surface area contributed by atoms with Crippen molar-refractivity contribution in [2.24, 2.45) is 5.41 Å². The van der Waals surface area contributed by atoms with E-state index in [1.54, 1.807) is 0 Å². The molecule has 1 aromatic rings. The smallest absolute Gasteiger partial charge is 0.305 e. The van der Waals surface area contributed by atoms with Crippen LogP contribution in [0.15, 0.2) is 36.4 Å². The first-order chi connectivity index (χ1) is 13.1. The van der Waals surface area contributed by atoms with Crippen LogP contribution in [0.2, 0.25) is 0 Å². The minimum absolute atomic E-state index is 0.135. The highest BCUT2D eigenvalue weighted by atomic mass is 16.5. The molecule has 0 N–H and O–H groups in total. The first-order valence-corrected chi connectivity index (χ1v) is 9.89. The van der Waals surface area contributed by atoms with E-state index < -0.39 is 0 Å². The van der Waals surface area contributed by atoms with E-state index in [2.05, 4.69) is 29.2 Å². The Bertz CT molecular complexity index is 663. The van der Waals surface area contributed by atoms with Gasteiger partial charge in [0.2, 0.25) is 5.91 Å². The van der Waals surface area contributed by atoms with Gasteiger partial charge < -0.3 is 14.5 Å². The Labute approximate surface area is 162 Å². The van der Waals surface area contributed by atoms with Gasteiger partial charge in [-0.25, -0.2) is 0 Å². The molecule has 0 radical (unpaired) electrons. The zero-order valence-corrected chi connectivity index (χ0v) is 16.2. The Morgan fingerprint density at radius 2 is 1.96 bits per heavy atom. The highest BCUT2D eigenvalue weighted by molar-refractivity contribution is 5.79. The van der Waals surface area contributed by atoms with E-state index in [1.807, 2.05) is 23.1 Å². The van der Waals surface area contributed by atoms with Crippen LogP contribution in [0.1, 0.15) is 37.7 Å². The maximum atomic E-state index is 12.5. The Hall–Kier alpha value is -2.14. The van der Waals surface area contributed by atoms with Crippen LogP contribution in [0, 0.1) is 5.41 Å². The van der Waals surface area contributed by atoms with Gasteiger partial charge in [0.15, 0.2) is 0 Å². The molecule has 146 valence electrons. The van der Waals surface area contributed by atoms with Gasteiger partial charge in [0.1, 0.15) is 0 Å². The van der Waals surface area contributed by atoms with Gasteiger partial charge in [-0.05, 0) is 49.9 Å². The predicted molar refractivity (Wildman–Crippen MR) is 106 cm³/mol. The summed E-state index contributed by atoms with van der Waals surface area (Å²) in [6.07, 6.45) is 8.32. The van der Waals surface area contributed by atoms with E-state index in [0.29, 0.717) is 19.4 Å². The molecule has 27 heavy (non-hydrogen) atoms. The summed E-state index contributed by atoms with van der Waals surface area (Å²) in [4.78, 5) is 28.1. The van der Waals surface area contributed by atoms with Crippen molar-refractivity contribution in [3.8, 4) is 0 Å². The quantitative estimate of drug-likeness (QED) is 0.693. The van der Waals surface area contributed by atoms with Crippen LogP contribution in [0.3, 0.4) is 0 Å². The number of nitrogens with zero attached hydrogens (tertiary/aromatic N) is 2. The molecule has 5 heteroatoms. The van der Waals surface area contributed by atoms with Crippen LogP contribution in [-0.2, 0) is 14.3 Å². The lowest BCUT2D eigenvalue weighted by Crippen LogP contribution is -2.42. The SMILES string of the molecule is COC(=O)CCCN1CCC2(CC1)CC(=O)N(CC=Cc1ccccc1)C2. The van der Waals surface area contributed by atoms with Crippen molar-refractivity contribution >= 4 is 18.0 Å².